The molecule has 1 aromatic carbocycles. The van der Waals surface area contributed by atoms with Gasteiger partial charge in [0.05, 0.1) is 13.0 Å². The number of nitrogens with one attached hydrogen (secondary N) is 3. The van der Waals surface area contributed by atoms with Gasteiger partial charge in [-0.1, -0.05) is 44.5 Å². The predicted molar refractivity (Wildman–Crippen MR) is 190 cm³/mol. The summed E-state index contributed by atoms with van der Waals surface area (Å²) in [7, 11) is 0. The van der Waals surface area contributed by atoms with Crippen LogP contribution in [0.3, 0.4) is 0 Å². The number of amides is 3. The normalized spacial score (nSPS) is 13.2. The molecule has 0 radical (unpaired) electrons. The van der Waals surface area contributed by atoms with Crippen LogP contribution in [0.1, 0.15) is 69.3 Å². The lowest BCUT2D eigenvalue weighted by molar-refractivity contribution is -0.193. The number of halogens is 6. The number of hydrogen-bond acceptors (Lipinski definition) is 9. The van der Waals surface area contributed by atoms with Crippen LogP contribution in [0.15, 0.2) is 36.7 Å². The van der Waals surface area contributed by atoms with E-state index in [4.69, 9.17) is 25.5 Å². The summed E-state index contributed by atoms with van der Waals surface area (Å²) in [4.78, 5) is 72.4. The molecule has 0 aliphatic heterocycles. The zero-order valence-electron chi connectivity index (χ0n) is 31.5. The van der Waals surface area contributed by atoms with Gasteiger partial charge in [0.25, 0.3) is 0 Å². The van der Waals surface area contributed by atoms with Crippen molar-refractivity contribution in [3.63, 3.8) is 0 Å². The molecule has 9 N–H and O–H groups in total. The Morgan fingerprint density at radius 2 is 1.33 bits per heavy atom. The third-order valence-corrected chi connectivity index (χ3v) is 8.10. The molecule has 3 amide bonds. The van der Waals surface area contributed by atoms with E-state index < -0.39 is 72.7 Å². The number of aliphatic hydroxyl groups excluding tert-OH is 1. The van der Waals surface area contributed by atoms with Gasteiger partial charge in [0.2, 0.25) is 17.7 Å². The van der Waals surface area contributed by atoms with Gasteiger partial charge in [0, 0.05) is 18.9 Å². The molecule has 4 atom stereocenters. The largest absolute Gasteiger partial charge is 0.490 e. The number of carbonyl (C=O) groups excluding carboxylic acids is 3. The standard InChI is InChI=1S/C31H48N6O6.2C2HF3O2/c1-4-21(2)28(31(42)43)36-29(40)25(10-5-7-15-32)35-30(41)26(20-38)34-27(39)19-24-13-11-23(12-14-24)9-6-8-17-37-18-16-33-22(37)3;2*3-2(4,5)1(6)7/h11-14,16,18,21,25-26,28,38H,4-10,15,17,19-20,32H2,1-3H3,(H,34,39)(H,35,41)(H,36,40)(H,42,43);2*(H,6,7)/t21?,25-,26-,28-;;/m0../s1. The topological polar surface area (TPSA) is 263 Å². The summed E-state index contributed by atoms with van der Waals surface area (Å²) in [6, 6.07) is 4.27. The van der Waals surface area contributed by atoms with Crippen LogP contribution in [0.25, 0.3) is 0 Å². The van der Waals surface area contributed by atoms with E-state index in [1.54, 1.807) is 13.1 Å². The number of rotatable bonds is 20. The molecular formula is C35H50F6N6O10. The number of alkyl halides is 6. The lowest BCUT2D eigenvalue weighted by Gasteiger charge is -2.25. The van der Waals surface area contributed by atoms with Crippen LogP contribution in [0.4, 0.5) is 26.3 Å². The summed E-state index contributed by atoms with van der Waals surface area (Å²) in [6.07, 6.45) is -1.53. The minimum absolute atomic E-state index is 0.0135. The van der Waals surface area contributed by atoms with Crippen molar-refractivity contribution < 1.29 is 75.5 Å². The smallest absolute Gasteiger partial charge is 0.480 e. The second kappa shape index (κ2) is 25.8. The zero-order valence-corrected chi connectivity index (χ0v) is 31.5. The number of benzene rings is 1. The van der Waals surface area contributed by atoms with Gasteiger partial charge in [-0.15, -0.1) is 0 Å². The van der Waals surface area contributed by atoms with Crippen molar-refractivity contribution in [2.24, 2.45) is 11.7 Å². The maximum atomic E-state index is 13.0. The summed E-state index contributed by atoms with van der Waals surface area (Å²) in [5, 5.41) is 41.3. The Morgan fingerprint density at radius 1 is 0.807 bits per heavy atom. The first-order valence-corrected chi connectivity index (χ1v) is 17.6. The summed E-state index contributed by atoms with van der Waals surface area (Å²) in [5.74, 6) is -7.83. The van der Waals surface area contributed by atoms with Gasteiger partial charge in [-0.05, 0) is 69.0 Å². The van der Waals surface area contributed by atoms with E-state index in [1.807, 2.05) is 44.3 Å². The lowest BCUT2D eigenvalue weighted by atomic mass is 9.98. The molecular weight excluding hydrogens is 778 g/mol. The molecule has 0 saturated heterocycles. The fourth-order valence-corrected chi connectivity index (χ4v) is 4.67. The van der Waals surface area contributed by atoms with E-state index in [2.05, 4.69) is 25.5 Å². The minimum atomic E-state index is -5.08. The number of carbonyl (C=O) groups is 6. The first kappa shape index (κ1) is 51.8. The number of carboxylic acid groups (broad SMARTS) is 3. The van der Waals surface area contributed by atoms with Gasteiger partial charge in [-0.3, -0.25) is 14.4 Å². The van der Waals surface area contributed by atoms with Gasteiger partial charge < -0.3 is 46.7 Å². The number of aliphatic carboxylic acids is 3. The Bertz CT molecular complexity index is 1550. The maximum absolute atomic E-state index is 13.0. The van der Waals surface area contributed by atoms with Crippen molar-refractivity contribution in [3.8, 4) is 0 Å². The van der Waals surface area contributed by atoms with Crippen LogP contribution in [-0.2, 0) is 48.2 Å². The Kier molecular flexibility index (Phi) is 23.4. The Balaban J connectivity index is 0.00000189. The van der Waals surface area contributed by atoms with E-state index in [9.17, 15) is 55.7 Å². The molecule has 2 rings (SSSR count). The number of nitrogens with zero attached hydrogens (tertiary/aromatic N) is 2. The number of hydrogen-bond donors (Lipinski definition) is 8. The van der Waals surface area contributed by atoms with E-state index in [0.717, 1.165) is 42.8 Å². The van der Waals surface area contributed by atoms with Crippen LogP contribution >= 0.6 is 0 Å². The molecule has 16 nitrogen and oxygen atoms in total. The molecule has 0 saturated carbocycles. The van der Waals surface area contributed by atoms with Gasteiger partial charge in [0.1, 0.15) is 23.9 Å². The van der Waals surface area contributed by atoms with Crippen molar-refractivity contribution in [1.82, 2.24) is 25.5 Å². The van der Waals surface area contributed by atoms with Crippen LogP contribution in [0.5, 0.6) is 0 Å². The van der Waals surface area contributed by atoms with Crippen LogP contribution in [-0.4, -0.2) is 109 Å². The number of aryl methyl sites for hydroxylation is 3. The number of carboxylic acids is 3. The number of imidazole rings is 1. The highest BCUT2D eigenvalue weighted by Gasteiger charge is 2.39. The zero-order chi connectivity index (χ0) is 43.9. The number of nitrogens with two attached hydrogens (primary N) is 1. The summed E-state index contributed by atoms with van der Waals surface area (Å²) < 4.78 is 65.6. The molecule has 0 aliphatic rings. The van der Waals surface area contributed by atoms with E-state index in [1.165, 1.54) is 0 Å². The highest BCUT2D eigenvalue weighted by atomic mass is 19.4. The monoisotopic (exact) mass is 828 g/mol. The average molecular weight is 829 g/mol. The lowest BCUT2D eigenvalue weighted by Crippen LogP contribution is -2.57. The van der Waals surface area contributed by atoms with Gasteiger partial charge >= 0.3 is 30.3 Å². The SMILES string of the molecule is CCC(C)[C@H](NC(=O)[C@H](CCCCN)NC(=O)[C@H](CO)NC(=O)Cc1ccc(CCCCn2ccnc2C)cc1)C(=O)O.O=C(O)C(F)(F)F.O=C(O)C(F)(F)F. The molecule has 322 valence electrons. The molecule has 57 heavy (non-hydrogen) atoms. The second-order valence-electron chi connectivity index (χ2n) is 12.6. The van der Waals surface area contributed by atoms with Crippen LogP contribution < -0.4 is 21.7 Å². The van der Waals surface area contributed by atoms with Crippen molar-refractivity contribution in [2.45, 2.75) is 109 Å². The van der Waals surface area contributed by atoms with Crippen molar-refractivity contribution in [1.29, 1.82) is 0 Å². The summed E-state index contributed by atoms with van der Waals surface area (Å²) in [6.45, 7) is 6.17. The molecule has 1 aromatic heterocycles. The van der Waals surface area contributed by atoms with Gasteiger partial charge in [-0.25, -0.2) is 19.4 Å². The fraction of sp³-hybridized carbons (Fsp3) is 0.571. The molecule has 1 unspecified atom stereocenters. The van der Waals surface area contributed by atoms with E-state index in [-0.39, 0.29) is 18.8 Å². The summed E-state index contributed by atoms with van der Waals surface area (Å²) in [5.41, 5.74) is 7.49. The second-order valence-corrected chi connectivity index (χ2v) is 12.6. The number of aromatic nitrogens is 2. The van der Waals surface area contributed by atoms with Crippen LogP contribution in [0, 0.1) is 12.8 Å². The first-order chi connectivity index (χ1) is 26.5. The first-order valence-electron chi connectivity index (χ1n) is 17.6. The average Bonchev–Trinajstić information content (AvgIpc) is 3.54. The quantitative estimate of drug-likeness (QED) is 0.0708. The van der Waals surface area contributed by atoms with Crippen molar-refractivity contribution in [3.05, 3.63) is 53.6 Å². The van der Waals surface area contributed by atoms with E-state index >= 15 is 0 Å². The predicted octanol–water partition coefficient (Wildman–Crippen LogP) is 2.73. The minimum Gasteiger partial charge on any atom is -0.480 e. The maximum Gasteiger partial charge on any atom is 0.490 e. The fourth-order valence-electron chi connectivity index (χ4n) is 4.67. The third kappa shape index (κ3) is 21.6. The molecule has 22 heteroatoms. The molecule has 1 heterocycles. The van der Waals surface area contributed by atoms with E-state index in [0.29, 0.717) is 25.8 Å². The number of unbranched alkanes of at least 4 members (excludes halogenated alkanes) is 2. The molecule has 2 aromatic rings. The molecule has 0 fully saturated rings. The Labute approximate surface area is 324 Å². The van der Waals surface area contributed by atoms with Crippen LogP contribution in [0.2, 0.25) is 0 Å². The number of aliphatic hydroxyl groups is 1. The third-order valence-electron chi connectivity index (χ3n) is 8.10. The van der Waals surface area contributed by atoms with Gasteiger partial charge in [-0.2, -0.15) is 26.3 Å². The summed E-state index contributed by atoms with van der Waals surface area (Å²) >= 11 is 0. The molecule has 0 bridgehead atoms. The highest BCUT2D eigenvalue weighted by molar-refractivity contribution is 5.93. The van der Waals surface area contributed by atoms with Crippen molar-refractivity contribution in [2.75, 3.05) is 13.2 Å². The Morgan fingerprint density at radius 3 is 1.77 bits per heavy atom. The molecule has 0 aliphatic carbocycles. The van der Waals surface area contributed by atoms with Crippen molar-refractivity contribution >= 4 is 35.6 Å². The molecule has 0 spiro atoms. The highest BCUT2D eigenvalue weighted by Crippen LogP contribution is 2.14. The Hall–Kier alpha value is -5.25. The van der Waals surface area contributed by atoms with Gasteiger partial charge in [0.15, 0.2) is 0 Å².